The third-order valence-electron chi connectivity index (χ3n) is 5.05. The van der Waals surface area contributed by atoms with Crippen LogP contribution >= 0.6 is 11.6 Å². The fourth-order valence-corrected chi connectivity index (χ4v) is 4.04. The van der Waals surface area contributed by atoms with Gasteiger partial charge in [0.15, 0.2) is 0 Å². The number of allylic oxidation sites excluding steroid dienone is 1. The summed E-state index contributed by atoms with van der Waals surface area (Å²) in [5, 5.41) is 4.25. The molecule has 4 rings (SSSR count). The first-order valence-corrected chi connectivity index (χ1v) is 9.05. The van der Waals surface area contributed by atoms with E-state index >= 15 is 0 Å². The monoisotopic (exact) mass is 339 g/mol. The van der Waals surface area contributed by atoms with Crippen molar-refractivity contribution in [2.24, 2.45) is 5.73 Å². The maximum Gasteiger partial charge on any atom is 0.126 e. The lowest BCUT2D eigenvalue weighted by molar-refractivity contribution is 0.409. The summed E-state index contributed by atoms with van der Waals surface area (Å²) in [6.07, 6.45) is 9.43. The molecule has 1 saturated carbocycles. The van der Waals surface area contributed by atoms with Crippen LogP contribution in [0.15, 0.2) is 42.6 Å². The van der Waals surface area contributed by atoms with Gasteiger partial charge in [0.25, 0.3) is 0 Å². The molecular formula is C20H22ClN3. The molecule has 24 heavy (non-hydrogen) atoms. The zero-order chi connectivity index (χ0) is 16.5. The molecule has 0 aliphatic heterocycles. The third-order valence-corrected chi connectivity index (χ3v) is 5.35. The summed E-state index contributed by atoms with van der Waals surface area (Å²) >= 11 is 6.46. The van der Waals surface area contributed by atoms with Gasteiger partial charge in [0.2, 0.25) is 0 Å². The number of benzene rings is 1. The lowest BCUT2D eigenvalue weighted by atomic mass is 9.91. The molecule has 0 amide bonds. The van der Waals surface area contributed by atoms with Gasteiger partial charge < -0.3 is 11.1 Å². The van der Waals surface area contributed by atoms with Crippen LogP contribution in [0.2, 0.25) is 5.02 Å². The summed E-state index contributed by atoms with van der Waals surface area (Å²) < 4.78 is 0. The molecule has 2 aromatic rings. The van der Waals surface area contributed by atoms with Crippen LogP contribution in [-0.4, -0.2) is 17.1 Å². The van der Waals surface area contributed by atoms with E-state index in [1.165, 1.54) is 23.1 Å². The first kappa shape index (κ1) is 15.7. The highest BCUT2D eigenvalue weighted by Gasteiger charge is 2.21. The highest BCUT2D eigenvalue weighted by atomic mass is 35.5. The molecule has 1 aromatic heterocycles. The third kappa shape index (κ3) is 3.06. The van der Waals surface area contributed by atoms with Gasteiger partial charge in [-0.25, -0.2) is 4.98 Å². The minimum atomic E-state index is 0.299. The molecule has 2 aliphatic rings. The van der Waals surface area contributed by atoms with E-state index in [1.54, 1.807) is 6.20 Å². The molecule has 0 saturated heterocycles. The number of nitrogens with two attached hydrogens (primary N) is 1. The fraction of sp³-hybridized carbons (Fsp3) is 0.350. The summed E-state index contributed by atoms with van der Waals surface area (Å²) in [6.45, 7) is 0. The topological polar surface area (TPSA) is 50.9 Å². The summed E-state index contributed by atoms with van der Waals surface area (Å²) in [5.41, 5.74) is 11.0. The van der Waals surface area contributed by atoms with Crippen LogP contribution in [0.1, 0.15) is 42.4 Å². The predicted octanol–water partition coefficient (Wildman–Crippen LogP) is 4.40. The predicted molar refractivity (Wildman–Crippen MR) is 100 cm³/mol. The van der Waals surface area contributed by atoms with Crippen molar-refractivity contribution in [1.82, 2.24) is 4.98 Å². The molecule has 0 radical (unpaired) electrons. The maximum absolute atomic E-state index is 6.46. The van der Waals surface area contributed by atoms with Gasteiger partial charge in [-0.1, -0.05) is 41.9 Å². The van der Waals surface area contributed by atoms with Gasteiger partial charge in [0.05, 0.1) is 5.02 Å². The number of hydrogen-bond acceptors (Lipinski definition) is 3. The van der Waals surface area contributed by atoms with Gasteiger partial charge in [-0.15, -0.1) is 0 Å². The maximum atomic E-state index is 6.46. The van der Waals surface area contributed by atoms with E-state index in [0.717, 1.165) is 37.1 Å². The Labute approximate surface area is 147 Å². The molecule has 1 aromatic carbocycles. The van der Waals surface area contributed by atoms with Crippen LogP contribution in [0, 0.1) is 0 Å². The Morgan fingerprint density at radius 3 is 2.92 bits per heavy atom. The first-order valence-electron chi connectivity index (χ1n) is 8.67. The van der Waals surface area contributed by atoms with Crippen molar-refractivity contribution in [3.63, 3.8) is 0 Å². The number of anilines is 1. The van der Waals surface area contributed by atoms with E-state index in [2.05, 4.69) is 46.7 Å². The molecular weight excluding hydrogens is 318 g/mol. The number of aromatic nitrogens is 1. The molecule has 0 bridgehead atoms. The SMILES string of the molecule is N[C@H]1CCC[C@@H](Nc2cc(C3=CCc4ccccc43)c(Cl)cn2)C1. The fourth-order valence-electron chi connectivity index (χ4n) is 3.83. The van der Waals surface area contributed by atoms with Crippen LogP contribution in [-0.2, 0) is 6.42 Å². The number of fused-ring (bicyclic) bond motifs is 1. The Bertz CT molecular complexity index is 784. The van der Waals surface area contributed by atoms with E-state index in [0.29, 0.717) is 17.1 Å². The first-order chi connectivity index (χ1) is 11.7. The van der Waals surface area contributed by atoms with Crippen molar-refractivity contribution in [2.45, 2.75) is 44.2 Å². The Kier molecular flexibility index (Phi) is 4.30. The highest BCUT2D eigenvalue weighted by Crippen LogP contribution is 2.36. The van der Waals surface area contributed by atoms with Gasteiger partial charge >= 0.3 is 0 Å². The Morgan fingerprint density at radius 1 is 1.17 bits per heavy atom. The van der Waals surface area contributed by atoms with E-state index in [4.69, 9.17) is 17.3 Å². The van der Waals surface area contributed by atoms with Crippen LogP contribution in [0.4, 0.5) is 5.82 Å². The average molecular weight is 340 g/mol. The van der Waals surface area contributed by atoms with Gasteiger partial charge in [-0.2, -0.15) is 0 Å². The Balaban J connectivity index is 1.61. The summed E-state index contributed by atoms with van der Waals surface area (Å²) in [6, 6.07) is 11.3. The Hall–Kier alpha value is -1.84. The molecule has 0 unspecified atom stereocenters. The van der Waals surface area contributed by atoms with Gasteiger partial charge in [-0.3, -0.25) is 0 Å². The molecule has 124 valence electrons. The van der Waals surface area contributed by atoms with Gasteiger partial charge in [-0.05, 0) is 54.9 Å². The van der Waals surface area contributed by atoms with Crippen molar-refractivity contribution < 1.29 is 0 Å². The molecule has 2 aliphatic carbocycles. The minimum absolute atomic E-state index is 0.299. The number of hydrogen-bond donors (Lipinski definition) is 2. The van der Waals surface area contributed by atoms with Crippen molar-refractivity contribution in [3.8, 4) is 0 Å². The number of halogens is 1. The quantitative estimate of drug-likeness (QED) is 0.871. The molecule has 3 N–H and O–H groups in total. The average Bonchev–Trinajstić information content (AvgIpc) is 3.01. The summed E-state index contributed by atoms with van der Waals surface area (Å²) in [4.78, 5) is 4.47. The van der Waals surface area contributed by atoms with Crippen LogP contribution < -0.4 is 11.1 Å². The van der Waals surface area contributed by atoms with E-state index in [-0.39, 0.29) is 0 Å². The van der Waals surface area contributed by atoms with Crippen LogP contribution in [0.25, 0.3) is 5.57 Å². The lowest BCUT2D eigenvalue weighted by Gasteiger charge is -2.28. The number of nitrogens with zero attached hydrogens (tertiary/aromatic N) is 1. The van der Waals surface area contributed by atoms with Crippen molar-refractivity contribution in [1.29, 1.82) is 0 Å². The van der Waals surface area contributed by atoms with Crippen molar-refractivity contribution >= 4 is 23.0 Å². The zero-order valence-electron chi connectivity index (χ0n) is 13.6. The highest BCUT2D eigenvalue weighted by molar-refractivity contribution is 6.32. The van der Waals surface area contributed by atoms with E-state index in [1.807, 2.05) is 0 Å². The van der Waals surface area contributed by atoms with Crippen LogP contribution in [0.3, 0.4) is 0 Å². The second-order valence-corrected chi connectivity index (χ2v) is 7.20. The second kappa shape index (κ2) is 6.58. The lowest BCUT2D eigenvalue weighted by Crippen LogP contribution is -2.35. The molecule has 1 heterocycles. The van der Waals surface area contributed by atoms with E-state index in [9.17, 15) is 0 Å². The second-order valence-electron chi connectivity index (χ2n) is 6.80. The van der Waals surface area contributed by atoms with Gasteiger partial charge in [0.1, 0.15) is 5.82 Å². The van der Waals surface area contributed by atoms with Gasteiger partial charge in [0, 0.05) is 23.8 Å². The number of rotatable bonds is 3. The van der Waals surface area contributed by atoms with E-state index < -0.39 is 0 Å². The largest absolute Gasteiger partial charge is 0.367 e. The number of pyridine rings is 1. The summed E-state index contributed by atoms with van der Waals surface area (Å²) in [5.74, 6) is 0.888. The van der Waals surface area contributed by atoms with Crippen molar-refractivity contribution in [2.75, 3.05) is 5.32 Å². The smallest absolute Gasteiger partial charge is 0.126 e. The molecule has 1 fully saturated rings. The normalized spacial score (nSPS) is 22.8. The zero-order valence-corrected chi connectivity index (χ0v) is 14.4. The number of nitrogens with one attached hydrogen (secondary N) is 1. The van der Waals surface area contributed by atoms with Crippen molar-refractivity contribution in [3.05, 3.63) is 64.3 Å². The molecule has 0 spiro atoms. The minimum Gasteiger partial charge on any atom is -0.367 e. The summed E-state index contributed by atoms with van der Waals surface area (Å²) in [7, 11) is 0. The van der Waals surface area contributed by atoms with Crippen LogP contribution in [0.5, 0.6) is 0 Å². The standard InChI is InChI=1S/C20H22ClN3/c21-19-12-23-20(24-15-6-3-5-14(22)10-15)11-18(19)17-9-8-13-4-1-2-7-16(13)17/h1-2,4,7,9,11-12,14-15H,3,5-6,8,10,22H2,(H,23,24)/t14-,15+/m0/s1. The Morgan fingerprint density at radius 2 is 2.04 bits per heavy atom. The molecule has 3 nitrogen and oxygen atoms in total. The molecule has 4 heteroatoms. The molecule has 2 atom stereocenters.